The number of halogens is 3. The van der Waals surface area contributed by atoms with Crippen LogP contribution in [0.2, 0.25) is 0 Å². The summed E-state index contributed by atoms with van der Waals surface area (Å²) < 4.78 is 39.3. The number of primary amides is 1. The molecule has 23 heavy (non-hydrogen) atoms. The Morgan fingerprint density at radius 1 is 1.30 bits per heavy atom. The first-order chi connectivity index (χ1) is 10.7. The molecule has 0 aliphatic heterocycles. The molecule has 0 unspecified atom stereocenters. The number of carbonyl (C=O) groups excluding carboxylic acids is 1. The number of nitrogens with two attached hydrogens (primary N) is 3. The molecule has 0 bridgehead atoms. The van der Waals surface area contributed by atoms with E-state index in [4.69, 9.17) is 17.2 Å². The minimum Gasteiger partial charge on any atom is -0.383 e. The highest BCUT2D eigenvalue weighted by Gasteiger charge is 2.40. The number of alkyl halides is 3. The summed E-state index contributed by atoms with van der Waals surface area (Å²) in [7, 11) is 0. The van der Waals surface area contributed by atoms with Crippen LogP contribution in [0, 0.1) is 0 Å². The molecule has 0 fully saturated rings. The van der Waals surface area contributed by atoms with Crippen LogP contribution in [0.5, 0.6) is 0 Å². The quantitative estimate of drug-likeness (QED) is 0.794. The molecule has 9 heteroatoms. The van der Waals surface area contributed by atoms with Crippen molar-refractivity contribution in [1.82, 2.24) is 9.78 Å². The van der Waals surface area contributed by atoms with E-state index in [2.05, 4.69) is 5.10 Å². The number of hydrogen-bond donors (Lipinski definition) is 3. The van der Waals surface area contributed by atoms with Crippen LogP contribution in [0.15, 0.2) is 24.3 Å². The van der Waals surface area contributed by atoms with Crippen LogP contribution in [0.1, 0.15) is 28.9 Å². The molecule has 2 aromatic rings. The lowest BCUT2D eigenvalue weighted by atomic mass is 10.1. The van der Waals surface area contributed by atoms with Crippen LogP contribution in [0.25, 0.3) is 11.3 Å². The Balaban J connectivity index is 2.61. The van der Waals surface area contributed by atoms with Gasteiger partial charge in [0.05, 0.1) is 0 Å². The normalized spacial score (nSPS) is 13.1. The second-order valence-corrected chi connectivity index (χ2v) is 5.04. The van der Waals surface area contributed by atoms with Gasteiger partial charge in [0.25, 0.3) is 5.91 Å². The van der Waals surface area contributed by atoms with E-state index < -0.39 is 23.9 Å². The summed E-state index contributed by atoms with van der Waals surface area (Å²) >= 11 is 0. The van der Waals surface area contributed by atoms with E-state index >= 15 is 0 Å². The van der Waals surface area contributed by atoms with E-state index in [1.54, 1.807) is 24.3 Å². The van der Waals surface area contributed by atoms with Gasteiger partial charge in [-0.2, -0.15) is 18.3 Å². The molecule has 0 radical (unpaired) electrons. The highest BCUT2D eigenvalue weighted by molar-refractivity contribution is 6.03. The Kier molecular flexibility index (Phi) is 4.33. The third-order valence-electron chi connectivity index (χ3n) is 3.50. The van der Waals surface area contributed by atoms with Crippen molar-refractivity contribution < 1.29 is 18.0 Å². The van der Waals surface area contributed by atoms with E-state index in [1.165, 1.54) is 0 Å². The van der Waals surface area contributed by atoms with Gasteiger partial charge in [-0.3, -0.25) is 4.79 Å². The summed E-state index contributed by atoms with van der Waals surface area (Å²) in [4.78, 5) is 11.6. The molecule has 0 saturated carbocycles. The summed E-state index contributed by atoms with van der Waals surface area (Å²) in [5.74, 6) is -1.36. The maximum absolute atomic E-state index is 12.9. The fraction of sp³-hybridized carbons (Fsp3) is 0.286. The van der Waals surface area contributed by atoms with Gasteiger partial charge in [0.2, 0.25) is 0 Å². The number of carbonyl (C=O) groups is 1. The number of hydrogen-bond acceptors (Lipinski definition) is 4. The van der Waals surface area contributed by atoms with Gasteiger partial charge in [-0.05, 0) is 12.5 Å². The minimum atomic E-state index is -4.56. The molecule has 124 valence electrons. The first kappa shape index (κ1) is 16.8. The number of nitrogen functional groups attached to an aromatic ring is 1. The van der Waals surface area contributed by atoms with Crippen molar-refractivity contribution >= 4 is 11.7 Å². The number of anilines is 1. The molecule has 0 aliphatic rings. The van der Waals surface area contributed by atoms with Crippen molar-refractivity contribution in [3.8, 4) is 11.3 Å². The largest absolute Gasteiger partial charge is 0.410 e. The molecule has 1 amide bonds. The highest BCUT2D eigenvalue weighted by atomic mass is 19.4. The molecule has 0 spiro atoms. The maximum Gasteiger partial charge on any atom is 0.410 e. The van der Waals surface area contributed by atoms with Crippen molar-refractivity contribution in [2.75, 3.05) is 5.73 Å². The summed E-state index contributed by atoms with van der Waals surface area (Å²) in [6, 6.07) is 4.57. The first-order valence-corrected chi connectivity index (χ1v) is 6.70. The van der Waals surface area contributed by atoms with Gasteiger partial charge in [0, 0.05) is 12.1 Å². The zero-order valence-corrected chi connectivity index (χ0v) is 12.3. The summed E-state index contributed by atoms with van der Waals surface area (Å²) in [5.41, 5.74) is 17.5. The van der Waals surface area contributed by atoms with Crippen LogP contribution in [0.3, 0.4) is 0 Å². The zero-order valence-electron chi connectivity index (χ0n) is 12.3. The molecule has 2 rings (SSSR count). The van der Waals surface area contributed by atoms with Crippen LogP contribution in [0.4, 0.5) is 19.0 Å². The van der Waals surface area contributed by atoms with Gasteiger partial charge >= 0.3 is 6.18 Å². The van der Waals surface area contributed by atoms with E-state index in [9.17, 15) is 18.0 Å². The summed E-state index contributed by atoms with van der Waals surface area (Å²) in [6.45, 7) is 1.21. The third-order valence-corrected chi connectivity index (χ3v) is 3.50. The molecule has 1 aromatic carbocycles. The fourth-order valence-corrected chi connectivity index (χ4v) is 2.13. The SMILES string of the molecule is C[C@H](n1nc(-c2ccc(CN)cc2)c(C(N)=O)c1N)C(F)(F)F. The van der Waals surface area contributed by atoms with Crippen LogP contribution in [-0.2, 0) is 6.54 Å². The lowest BCUT2D eigenvalue weighted by molar-refractivity contribution is -0.164. The van der Waals surface area contributed by atoms with Gasteiger partial charge in [0.1, 0.15) is 23.1 Å². The van der Waals surface area contributed by atoms with Gasteiger partial charge in [-0.25, -0.2) is 4.68 Å². The molecule has 1 aromatic heterocycles. The van der Waals surface area contributed by atoms with Crippen molar-refractivity contribution in [2.45, 2.75) is 25.7 Å². The predicted octanol–water partition coefficient (Wildman–Crippen LogP) is 1.81. The number of nitrogens with zero attached hydrogens (tertiary/aromatic N) is 2. The van der Waals surface area contributed by atoms with Crippen LogP contribution < -0.4 is 17.2 Å². The minimum absolute atomic E-state index is 0.00896. The molecular weight excluding hydrogens is 311 g/mol. The standard InChI is InChI=1S/C14H16F3N5O/c1-7(14(15,16)17)22-12(19)10(13(20)23)11(21-22)9-4-2-8(6-18)3-5-9/h2-5,7H,6,18-19H2,1H3,(H2,20,23)/t7-/m0/s1. The molecule has 6 N–H and O–H groups in total. The maximum atomic E-state index is 12.9. The summed E-state index contributed by atoms with van der Waals surface area (Å²) in [6.07, 6.45) is -4.56. The Hall–Kier alpha value is -2.55. The number of aromatic nitrogens is 2. The number of benzene rings is 1. The second kappa shape index (κ2) is 5.92. The van der Waals surface area contributed by atoms with Crippen molar-refractivity contribution in [3.63, 3.8) is 0 Å². The molecule has 1 atom stereocenters. The van der Waals surface area contributed by atoms with E-state index in [-0.39, 0.29) is 11.3 Å². The van der Waals surface area contributed by atoms with Crippen molar-refractivity contribution in [1.29, 1.82) is 0 Å². The topological polar surface area (TPSA) is 113 Å². The molecule has 0 aliphatic carbocycles. The summed E-state index contributed by atoms with van der Waals surface area (Å²) in [5, 5.41) is 3.86. The Morgan fingerprint density at radius 2 is 1.87 bits per heavy atom. The van der Waals surface area contributed by atoms with E-state index in [0.29, 0.717) is 16.8 Å². The molecule has 6 nitrogen and oxygen atoms in total. The van der Waals surface area contributed by atoms with Gasteiger partial charge in [-0.1, -0.05) is 24.3 Å². The van der Waals surface area contributed by atoms with Gasteiger partial charge < -0.3 is 17.2 Å². The lowest BCUT2D eigenvalue weighted by Crippen LogP contribution is -2.26. The monoisotopic (exact) mass is 327 g/mol. The third kappa shape index (κ3) is 3.14. The average molecular weight is 327 g/mol. The smallest absolute Gasteiger partial charge is 0.383 e. The second-order valence-electron chi connectivity index (χ2n) is 5.04. The van der Waals surface area contributed by atoms with E-state index in [0.717, 1.165) is 12.5 Å². The van der Waals surface area contributed by atoms with Gasteiger partial charge in [-0.15, -0.1) is 0 Å². The van der Waals surface area contributed by atoms with Crippen molar-refractivity contribution in [2.24, 2.45) is 11.5 Å². The lowest BCUT2D eigenvalue weighted by Gasteiger charge is -2.17. The molecule has 0 saturated heterocycles. The Labute approximate surface area is 130 Å². The number of amides is 1. The molecule has 1 heterocycles. The van der Waals surface area contributed by atoms with E-state index in [1.807, 2.05) is 0 Å². The van der Waals surface area contributed by atoms with Crippen LogP contribution >= 0.6 is 0 Å². The predicted molar refractivity (Wildman–Crippen MR) is 79.3 cm³/mol. The first-order valence-electron chi connectivity index (χ1n) is 6.70. The highest BCUT2D eigenvalue weighted by Crippen LogP contribution is 2.35. The Morgan fingerprint density at radius 3 is 2.30 bits per heavy atom. The zero-order chi connectivity index (χ0) is 17.4. The Bertz CT molecular complexity index is 721. The van der Waals surface area contributed by atoms with Gasteiger partial charge in [0.15, 0.2) is 0 Å². The van der Waals surface area contributed by atoms with Crippen LogP contribution in [-0.4, -0.2) is 21.9 Å². The number of rotatable bonds is 4. The van der Waals surface area contributed by atoms with Crippen molar-refractivity contribution in [3.05, 3.63) is 35.4 Å². The fourth-order valence-electron chi connectivity index (χ4n) is 2.13. The average Bonchev–Trinajstić information content (AvgIpc) is 2.83. The molecular formula is C14H16F3N5O.